The van der Waals surface area contributed by atoms with Crippen LogP contribution in [-0.2, 0) is 4.79 Å². The molecule has 3 atom stereocenters. The van der Waals surface area contributed by atoms with Crippen molar-refractivity contribution >= 4 is 5.91 Å². The minimum atomic E-state index is -0.277. The summed E-state index contributed by atoms with van der Waals surface area (Å²) in [6.07, 6.45) is 7.32. The number of rotatable bonds is 2. The SMILES string of the molecule is O=C(NC1C[CH]C(O)CC1)[C@H]1CCCCN1. The molecule has 1 saturated carbocycles. The van der Waals surface area contributed by atoms with Crippen LogP contribution in [0.4, 0.5) is 0 Å². The third kappa shape index (κ3) is 3.19. The Kier molecular flexibility index (Phi) is 4.18. The van der Waals surface area contributed by atoms with Gasteiger partial charge in [-0.1, -0.05) is 6.42 Å². The number of carbonyl (C=O) groups excluding carboxylic acids is 1. The highest BCUT2D eigenvalue weighted by molar-refractivity contribution is 5.82. The minimum absolute atomic E-state index is 0.000556. The number of piperidine rings is 1. The molecule has 2 rings (SSSR count). The van der Waals surface area contributed by atoms with Gasteiger partial charge in [-0.05, 0) is 45.1 Å². The number of amides is 1. The zero-order valence-corrected chi connectivity index (χ0v) is 9.61. The van der Waals surface area contributed by atoms with Gasteiger partial charge >= 0.3 is 0 Å². The summed E-state index contributed by atoms with van der Waals surface area (Å²) in [6.45, 7) is 0.952. The summed E-state index contributed by atoms with van der Waals surface area (Å²) in [5, 5.41) is 15.6. The standard InChI is InChI=1S/C12H21N2O2/c15-10-6-4-9(5-7-10)14-12(16)11-3-1-2-8-13-11/h6,9-11,13,15H,1-5,7-8H2,(H,14,16)/t9?,10?,11-/m1/s1. The van der Waals surface area contributed by atoms with Gasteiger partial charge < -0.3 is 15.7 Å². The lowest BCUT2D eigenvalue weighted by molar-refractivity contribution is -0.124. The quantitative estimate of drug-likeness (QED) is 0.636. The Labute approximate surface area is 96.8 Å². The Bertz CT molecular complexity index is 231. The van der Waals surface area contributed by atoms with Crippen molar-refractivity contribution in [2.24, 2.45) is 0 Å². The highest BCUT2D eigenvalue weighted by atomic mass is 16.3. The monoisotopic (exact) mass is 225 g/mol. The van der Waals surface area contributed by atoms with Gasteiger partial charge in [0.25, 0.3) is 0 Å². The lowest BCUT2D eigenvalue weighted by Crippen LogP contribution is -2.50. The topological polar surface area (TPSA) is 61.4 Å². The first-order valence-corrected chi connectivity index (χ1v) is 6.31. The van der Waals surface area contributed by atoms with E-state index in [4.69, 9.17) is 0 Å². The second-order valence-electron chi connectivity index (χ2n) is 4.82. The Morgan fingerprint density at radius 2 is 2.19 bits per heavy atom. The maximum atomic E-state index is 11.9. The molecule has 16 heavy (non-hydrogen) atoms. The summed E-state index contributed by atoms with van der Waals surface area (Å²) >= 11 is 0. The van der Waals surface area contributed by atoms with Gasteiger partial charge in [0.2, 0.25) is 5.91 Å². The first-order chi connectivity index (χ1) is 7.75. The van der Waals surface area contributed by atoms with Gasteiger partial charge in [0.15, 0.2) is 0 Å². The Morgan fingerprint density at radius 3 is 2.81 bits per heavy atom. The van der Waals surface area contributed by atoms with E-state index >= 15 is 0 Å². The van der Waals surface area contributed by atoms with Crippen molar-refractivity contribution in [2.75, 3.05) is 6.54 Å². The molecule has 4 nitrogen and oxygen atoms in total. The van der Waals surface area contributed by atoms with Crippen molar-refractivity contribution in [2.45, 2.75) is 56.7 Å². The molecule has 0 aromatic carbocycles. The molecule has 1 radical (unpaired) electrons. The van der Waals surface area contributed by atoms with Crippen LogP contribution in [0.3, 0.4) is 0 Å². The number of aliphatic hydroxyl groups excluding tert-OH is 1. The Morgan fingerprint density at radius 1 is 1.31 bits per heavy atom. The molecule has 2 unspecified atom stereocenters. The van der Waals surface area contributed by atoms with E-state index in [1.165, 1.54) is 6.42 Å². The van der Waals surface area contributed by atoms with Crippen LogP contribution in [0.2, 0.25) is 0 Å². The summed E-state index contributed by atoms with van der Waals surface area (Å²) < 4.78 is 0. The Balaban J connectivity index is 1.73. The van der Waals surface area contributed by atoms with Gasteiger partial charge in [-0.25, -0.2) is 0 Å². The first kappa shape index (κ1) is 11.9. The fraction of sp³-hybridized carbons (Fsp3) is 0.833. The van der Waals surface area contributed by atoms with Crippen molar-refractivity contribution in [3.63, 3.8) is 0 Å². The van der Waals surface area contributed by atoms with E-state index in [1.54, 1.807) is 0 Å². The van der Waals surface area contributed by atoms with E-state index in [2.05, 4.69) is 10.6 Å². The molecule has 0 aromatic heterocycles. The normalized spacial score (nSPS) is 35.7. The molecule has 2 aliphatic rings. The number of hydrogen-bond acceptors (Lipinski definition) is 3. The first-order valence-electron chi connectivity index (χ1n) is 6.31. The lowest BCUT2D eigenvalue weighted by Gasteiger charge is -2.29. The van der Waals surface area contributed by atoms with E-state index in [9.17, 15) is 9.90 Å². The van der Waals surface area contributed by atoms with E-state index in [1.807, 2.05) is 6.42 Å². The van der Waals surface area contributed by atoms with Crippen molar-refractivity contribution in [3.05, 3.63) is 6.42 Å². The molecule has 0 spiro atoms. The summed E-state index contributed by atoms with van der Waals surface area (Å²) in [6, 6.07) is 0.222. The molecule has 0 aromatic rings. The van der Waals surface area contributed by atoms with Crippen molar-refractivity contribution in [1.29, 1.82) is 0 Å². The van der Waals surface area contributed by atoms with E-state index in [0.717, 1.165) is 38.6 Å². The molecule has 1 heterocycles. The van der Waals surface area contributed by atoms with Crippen molar-refractivity contribution in [1.82, 2.24) is 10.6 Å². The van der Waals surface area contributed by atoms with Gasteiger partial charge in [0, 0.05) is 6.04 Å². The smallest absolute Gasteiger partial charge is 0.237 e. The maximum absolute atomic E-state index is 11.9. The number of aliphatic hydroxyl groups is 1. The minimum Gasteiger partial charge on any atom is -0.393 e. The van der Waals surface area contributed by atoms with Gasteiger partial charge in [-0.3, -0.25) is 4.79 Å². The molecular weight excluding hydrogens is 204 g/mol. The van der Waals surface area contributed by atoms with Crippen LogP contribution in [-0.4, -0.2) is 35.7 Å². The van der Waals surface area contributed by atoms with Gasteiger partial charge in [-0.2, -0.15) is 0 Å². The van der Waals surface area contributed by atoms with Crippen molar-refractivity contribution < 1.29 is 9.90 Å². The van der Waals surface area contributed by atoms with Crippen LogP contribution in [0.1, 0.15) is 38.5 Å². The van der Waals surface area contributed by atoms with E-state index in [0.29, 0.717) is 0 Å². The second kappa shape index (κ2) is 5.64. The molecule has 4 heteroatoms. The second-order valence-corrected chi connectivity index (χ2v) is 4.82. The fourth-order valence-electron chi connectivity index (χ4n) is 2.44. The third-order valence-corrected chi connectivity index (χ3v) is 3.48. The predicted octanol–water partition coefficient (Wildman–Crippen LogP) is 0.362. The Hall–Kier alpha value is -0.610. The predicted molar refractivity (Wildman–Crippen MR) is 61.7 cm³/mol. The molecule has 1 aliphatic carbocycles. The lowest BCUT2D eigenvalue weighted by atomic mass is 9.92. The molecule has 1 aliphatic heterocycles. The van der Waals surface area contributed by atoms with Crippen molar-refractivity contribution in [3.8, 4) is 0 Å². The fourth-order valence-corrected chi connectivity index (χ4v) is 2.44. The number of carbonyl (C=O) groups is 1. The summed E-state index contributed by atoms with van der Waals surface area (Å²) in [5.74, 6) is 0.134. The third-order valence-electron chi connectivity index (χ3n) is 3.48. The van der Waals surface area contributed by atoms with E-state index in [-0.39, 0.29) is 24.1 Å². The molecule has 0 bridgehead atoms. The highest BCUT2D eigenvalue weighted by Gasteiger charge is 2.25. The molecule has 3 N–H and O–H groups in total. The van der Waals surface area contributed by atoms with Gasteiger partial charge in [-0.15, -0.1) is 0 Å². The summed E-state index contributed by atoms with van der Waals surface area (Å²) in [7, 11) is 0. The van der Waals surface area contributed by atoms with Gasteiger partial charge in [0.1, 0.15) is 0 Å². The zero-order valence-electron chi connectivity index (χ0n) is 9.61. The van der Waals surface area contributed by atoms with Crippen LogP contribution in [0.25, 0.3) is 0 Å². The molecule has 91 valence electrons. The van der Waals surface area contributed by atoms with Gasteiger partial charge in [0.05, 0.1) is 12.1 Å². The van der Waals surface area contributed by atoms with Crippen LogP contribution in [0, 0.1) is 6.42 Å². The average Bonchev–Trinajstić information content (AvgIpc) is 2.33. The van der Waals surface area contributed by atoms with E-state index < -0.39 is 0 Å². The number of nitrogens with one attached hydrogen (secondary N) is 2. The molecule has 1 saturated heterocycles. The van der Waals surface area contributed by atoms with Crippen LogP contribution < -0.4 is 10.6 Å². The summed E-state index contributed by atoms with van der Waals surface area (Å²) in [5.41, 5.74) is 0. The largest absolute Gasteiger partial charge is 0.393 e. The zero-order chi connectivity index (χ0) is 11.4. The average molecular weight is 225 g/mol. The van der Waals surface area contributed by atoms with Crippen LogP contribution in [0.5, 0.6) is 0 Å². The van der Waals surface area contributed by atoms with Crippen LogP contribution in [0.15, 0.2) is 0 Å². The summed E-state index contributed by atoms with van der Waals surface area (Å²) in [4.78, 5) is 11.9. The van der Waals surface area contributed by atoms with Crippen LogP contribution >= 0.6 is 0 Å². The molecule has 1 amide bonds. The molecule has 2 fully saturated rings. The molecular formula is C12H21N2O2. The highest BCUT2D eigenvalue weighted by Crippen LogP contribution is 2.18. The number of hydrogen-bond donors (Lipinski definition) is 3. The maximum Gasteiger partial charge on any atom is 0.237 e.